The molecule has 14 heavy (non-hydrogen) atoms. The van der Waals surface area contributed by atoms with Crippen molar-refractivity contribution in [3.8, 4) is 0 Å². The molecule has 2 nitrogen and oxygen atoms in total. The molecule has 1 aromatic rings. The minimum absolute atomic E-state index is 0.0163. The third-order valence-corrected chi connectivity index (χ3v) is 3.70. The van der Waals surface area contributed by atoms with Crippen molar-refractivity contribution in [2.45, 2.75) is 46.6 Å². The number of aryl methyl sites for hydroxylation is 1. The zero-order valence-electron chi connectivity index (χ0n) is 9.37. The van der Waals surface area contributed by atoms with Crippen molar-refractivity contribution >= 4 is 11.3 Å². The van der Waals surface area contributed by atoms with E-state index in [0.717, 1.165) is 17.1 Å². The fourth-order valence-electron chi connectivity index (χ4n) is 1.21. The SMILES string of the molecule is CCC(C)(C)C(O)Cc1csc(C)n1. The van der Waals surface area contributed by atoms with Crippen LogP contribution < -0.4 is 0 Å². The average molecular weight is 213 g/mol. The van der Waals surface area contributed by atoms with Gasteiger partial charge in [0.2, 0.25) is 0 Å². The summed E-state index contributed by atoms with van der Waals surface area (Å²) in [6.07, 6.45) is 1.36. The Morgan fingerprint density at radius 1 is 1.57 bits per heavy atom. The first kappa shape index (κ1) is 11.7. The molecule has 1 heterocycles. The van der Waals surface area contributed by atoms with E-state index in [0.29, 0.717) is 6.42 Å². The third kappa shape index (κ3) is 2.79. The zero-order valence-corrected chi connectivity index (χ0v) is 10.2. The summed E-state index contributed by atoms with van der Waals surface area (Å²) in [5.74, 6) is 0. The molecule has 0 aliphatic heterocycles. The molecule has 0 aromatic carbocycles. The number of hydrogen-bond acceptors (Lipinski definition) is 3. The number of hydrogen-bond donors (Lipinski definition) is 1. The van der Waals surface area contributed by atoms with E-state index in [2.05, 4.69) is 25.8 Å². The van der Waals surface area contributed by atoms with Gasteiger partial charge in [-0.25, -0.2) is 4.98 Å². The summed E-state index contributed by atoms with van der Waals surface area (Å²) >= 11 is 1.64. The molecule has 0 saturated carbocycles. The fourth-order valence-corrected chi connectivity index (χ4v) is 1.84. The van der Waals surface area contributed by atoms with Crippen molar-refractivity contribution in [1.29, 1.82) is 0 Å². The average Bonchev–Trinajstić information content (AvgIpc) is 2.51. The first-order valence-corrected chi connectivity index (χ1v) is 5.92. The Hall–Kier alpha value is -0.410. The van der Waals surface area contributed by atoms with Gasteiger partial charge in [-0.2, -0.15) is 0 Å². The lowest BCUT2D eigenvalue weighted by Gasteiger charge is -2.28. The third-order valence-electron chi connectivity index (χ3n) is 2.88. The molecule has 0 amide bonds. The highest BCUT2D eigenvalue weighted by molar-refractivity contribution is 7.09. The topological polar surface area (TPSA) is 33.1 Å². The highest BCUT2D eigenvalue weighted by Crippen LogP contribution is 2.27. The largest absolute Gasteiger partial charge is 0.392 e. The lowest BCUT2D eigenvalue weighted by molar-refractivity contribution is 0.0473. The molecule has 0 aliphatic rings. The van der Waals surface area contributed by atoms with Gasteiger partial charge in [0.05, 0.1) is 16.8 Å². The van der Waals surface area contributed by atoms with Gasteiger partial charge in [0, 0.05) is 11.8 Å². The summed E-state index contributed by atoms with van der Waals surface area (Å²) in [5, 5.41) is 13.1. The minimum Gasteiger partial charge on any atom is -0.392 e. The molecular weight excluding hydrogens is 194 g/mol. The molecule has 0 radical (unpaired) electrons. The standard InChI is InChI=1S/C11H19NOS/c1-5-11(3,4)10(13)6-9-7-14-8(2)12-9/h7,10,13H,5-6H2,1-4H3. The summed E-state index contributed by atoms with van der Waals surface area (Å²) in [5.41, 5.74) is 0.999. The van der Waals surface area contributed by atoms with Gasteiger partial charge in [0.1, 0.15) is 0 Å². The van der Waals surface area contributed by atoms with E-state index in [1.165, 1.54) is 0 Å². The van der Waals surface area contributed by atoms with E-state index in [1.807, 2.05) is 12.3 Å². The molecule has 80 valence electrons. The van der Waals surface area contributed by atoms with Crippen LogP contribution in [0, 0.1) is 12.3 Å². The first-order valence-electron chi connectivity index (χ1n) is 5.05. The van der Waals surface area contributed by atoms with Crippen LogP contribution in [0.15, 0.2) is 5.38 Å². The monoisotopic (exact) mass is 213 g/mol. The second kappa shape index (κ2) is 4.41. The summed E-state index contributed by atoms with van der Waals surface area (Å²) in [4.78, 5) is 4.36. The molecule has 3 heteroatoms. The Bertz CT molecular complexity index is 293. The molecule has 1 atom stereocenters. The van der Waals surface area contributed by atoms with Crippen LogP contribution in [0.25, 0.3) is 0 Å². The van der Waals surface area contributed by atoms with Crippen LogP contribution >= 0.6 is 11.3 Å². The fraction of sp³-hybridized carbons (Fsp3) is 0.727. The van der Waals surface area contributed by atoms with E-state index < -0.39 is 0 Å². The highest BCUT2D eigenvalue weighted by Gasteiger charge is 2.26. The van der Waals surface area contributed by atoms with Crippen LogP contribution in [0.3, 0.4) is 0 Å². The number of nitrogens with zero attached hydrogens (tertiary/aromatic N) is 1. The smallest absolute Gasteiger partial charge is 0.0897 e. The van der Waals surface area contributed by atoms with Gasteiger partial charge in [0.15, 0.2) is 0 Å². The van der Waals surface area contributed by atoms with E-state index in [1.54, 1.807) is 11.3 Å². The van der Waals surface area contributed by atoms with Gasteiger partial charge in [-0.05, 0) is 18.8 Å². The molecule has 0 fully saturated rings. The van der Waals surface area contributed by atoms with Crippen molar-refractivity contribution in [3.63, 3.8) is 0 Å². The Morgan fingerprint density at radius 2 is 2.21 bits per heavy atom. The van der Waals surface area contributed by atoms with Crippen LogP contribution in [0.1, 0.15) is 37.9 Å². The number of rotatable bonds is 4. The summed E-state index contributed by atoms with van der Waals surface area (Å²) in [7, 11) is 0. The van der Waals surface area contributed by atoms with E-state index in [9.17, 15) is 5.11 Å². The van der Waals surface area contributed by atoms with Crippen molar-refractivity contribution in [1.82, 2.24) is 4.98 Å². The molecule has 0 saturated heterocycles. The lowest BCUT2D eigenvalue weighted by atomic mass is 9.82. The lowest BCUT2D eigenvalue weighted by Crippen LogP contribution is -2.30. The Balaban J connectivity index is 2.61. The normalized spacial score (nSPS) is 14.4. The molecule has 0 spiro atoms. The van der Waals surface area contributed by atoms with E-state index in [4.69, 9.17) is 0 Å². The molecule has 1 N–H and O–H groups in total. The maximum Gasteiger partial charge on any atom is 0.0897 e. The second-order valence-electron chi connectivity index (χ2n) is 4.42. The van der Waals surface area contributed by atoms with Gasteiger partial charge in [-0.15, -0.1) is 11.3 Å². The van der Waals surface area contributed by atoms with Crippen molar-refractivity contribution < 1.29 is 5.11 Å². The second-order valence-corrected chi connectivity index (χ2v) is 5.48. The number of aliphatic hydroxyl groups excluding tert-OH is 1. The summed E-state index contributed by atoms with van der Waals surface area (Å²) in [6.45, 7) is 8.29. The number of aromatic nitrogens is 1. The summed E-state index contributed by atoms with van der Waals surface area (Å²) < 4.78 is 0. The van der Waals surface area contributed by atoms with Crippen LogP contribution in [0.5, 0.6) is 0 Å². The molecule has 1 aromatic heterocycles. The van der Waals surface area contributed by atoms with E-state index in [-0.39, 0.29) is 11.5 Å². The van der Waals surface area contributed by atoms with Crippen LogP contribution in [-0.2, 0) is 6.42 Å². The predicted molar refractivity (Wildman–Crippen MR) is 60.6 cm³/mol. The van der Waals surface area contributed by atoms with Crippen molar-refractivity contribution in [3.05, 3.63) is 16.1 Å². The minimum atomic E-state index is -0.297. The van der Waals surface area contributed by atoms with E-state index >= 15 is 0 Å². The van der Waals surface area contributed by atoms with Crippen LogP contribution in [-0.4, -0.2) is 16.2 Å². The van der Waals surface area contributed by atoms with Crippen molar-refractivity contribution in [2.75, 3.05) is 0 Å². The first-order chi connectivity index (χ1) is 6.45. The van der Waals surface area contributed by atoms with Gasteiger partial charge in [0.25, 0.3) is 0 Å². The Labute approximate surface area is 90.0 Å². The van der Waals surface area contributed by atoms with Gasteiger partial charge >= 0.3 is 0 Å². The molecule has 0 aliphatic carbocycles. The molecule has 1 unspecified atom stereocenters. The molecular formula is C11H19NOS. The number of thiazole rings is 1. The van der Waals surface area contributed by atoms with Crippen molar-refractivity contribution in [2.24, 2.45) is 5.41 Å². The van der Waals surface area contributed by atoms with Gasteiger partial charge in [-0.3, -0.25) is 0 Å². The molecule has 1 rings (SSSR count). The van der Waals surface area contributed by atoms with Gasteiger partial charge < -0.3 is 5.11 Å². The quantitative estimate of drug-likeness (QED) is 0.834. The Kier molecular flexibility index (Phi) is 3.67. The van der Waals surface area contributed by atoms with Crippen LogP contribution in [0.2, 0.25) is 0 Å². The predicted octanol–water partition coefficient (Wildman–Crippen LogP) is 2.79. The maximum absolute atomic E-state index is 10.0. The number of aliphatic hydroxyl groups is 1. The summed E-state index contributed by atoms with van der Waals surface area (Å²) in [6, 6.07) is 0. The molecule has 0 bridgehead atoms. The zero-order chi connectivity index (χ0) is 10.8. The Morgan fingerprint density at radius 3 is 2.64 bits per heavy atom. The van der Waals surface area contributed by atoms with Crippen LogP contribution in [0.4, 0.5) is 0 Å². The van der Waals surface area contributed by atoms with Gasteiger partial charge in [-0.1, -0.05) is 20.8 Å². The highest BCUT2D eigenvalue weighted by atomic mass is 32.1. The maximum atomic E-state index is 10.0.